The van der Waals surface area contributed by atoms with E-state index in [0.717, 1.165) is 52.1 Å². The minimum atomic E-state index is -0.362. The van der Waals surface area contributed by atoms with E-state index in [2.05, 4.69) is 40.1 Å². The molecule has 158 valence electrons. The summed E-state index contributed by atoms with van der Waals surface area (Å²) < 4.78 is 5.75. The molecule has 1 aliphatic rings. The average molecular weight is 420 g/mol. The van der Waals surface area contributed by atoms with Crippen molar-refractivity contribution in [2.45, 2.75) is 26.3 Å². The molecule has 0 N–H and O–H groups in total. The van der Waals surface area contributed by atoms with E-state index >= 15 is 0 Å². The Hall–Kier alpha value is -2.15. The Kier molecular flexibility index (Phi) is 9.38. The molecule has 2 aromatic rings. The van der Waals surface area contributed by atoms with Gasteiger partial charge in [-0.05, 0) is 44.0 Å². The van der Waals surface area contributed by atoms with Crippen LogP contribution in [-0.2, 0) is 6.54 Å². The molecule has 0 radical (unpaired) electrons. The summed E-state index contributed by atoms with van der Waals surface area (Å²) in [6, 6.07) is 15.6. The van der Waals surface area contributed by atoms with Crippen LogP contribution in [0.25, 0.3) is 0 Å². The molecular formula is C22H30ClN3O3. The van der Waals surface area contributed by atoms with E-state index in [0.29, 0.717) is 17.9 Å². The maximum absolute atomic E-state index is 10.9. The van der Waals surface area contributed by atoms with E-state index in [4.69, 9.17) is 4.74 Å². The van der Waals surface area contributed by atoms with E-state index in [9.17, 15) is 10.1 Å². The van der Waals surface area contributed by atoms with Gasteiger partial charge < -0.3 is 9.64 Å². The number of ether oxygens (including phenoxy) is 1. The highest BCUT2D eigenvalue weighted by Crippen LogP contribution is 2.23. The maximum Gasteiger partial charge on any atom is 0.272 e. The minimum Gasteiger partial charge on any atom is -0.494 e. The predicted octanol–water partition coefficient (Wildman–Crippen LogP) is 4.30. The monoisotopic (exact) mass is 419 g/mol. The molecular weight excluding hydrogens is 390 g/mol. The van der Waals surface area contributed by atoms with E-state index in [1.54, 1.807) is 19.1 Å². The Balaban J connectivity index is 0.00000300. The molecule has 0 aromatic heterocycles. The molecule has 1 heterocycles. The lowest BCUT2D eigenvalue weighted by atomic mass is 10.2. The molecule has 0 amide bonds. The largest absolute Gasteiger partial charge is 0.494 e. The number of nitro benzene ring substituents is 1. The first-order valence-electron chi connectivity index (χ1n) is 9.98. The van der Waals surface area contributed by atoms with Crippen LogP contribution in [0.1, 0.15) is 24.0 Å². The van der Waals surface area contributed by atoms with Crippen LogP contribution in [0.2, 0.25) is 0 Å². The van der Waals surface area contributed by atoms with Gasteiger partial charge in [0.05, 0.1) is 11.5 Å². The zero-order chi connectivity index (χ0) is 19.8. The number of halogens is 1. The Morgan fingerprint density at radius 3 is 2.34 bits per heavy atom. The smallest absolute Gasteiger partial charge is 0.272 e. The molecule has 0 unspecified atom stereocenters. The number of benzene rings is 2. The van der Waals surface area contributed by atoms with Crippen LogP contribution < -0.4 is 4.74 Å². The normalized spacial score (nSPS) is 14.9. The average Bonchev–Trinajstić information content (AvgIpc) is 2.69. The Labute approximate surface area is 179 Å². The first-order chi connectivity index (χ1) is 13.6. The quantitative estimate of drug-likeness (QED) is 0.344. The van der Waals surface area contributed by atoms with Crippen molar-refractivity contribution in [1.82, 2.24) is 9.80 Å². The SMILES string of the molecule is Cc1cc(OCCCCN2CCN(Cc3ccccc3)CC2)ccc1[N+](=O)[O-].Cl. The topological polar surface area (TPSA) is 58.8 Å². The third kappa shape index (κ3) is 7.31. The van der Waals surface area contributed by atoms with Crippen LogP contribution in [0, 0.1) is 17.0 Å². The number of nitro groups is 1. The fourth-order valence-corrected chi connectivity index (χ4v) is 3.56. The summed E-state index contributed by atoms with van der Waals surface area (Å²) in [4.78, 5) is 15.5. The zero-order valence-corrected chi connectivity index (χ0v) is 17.8. The van der Waals surface area contributed by atoms with Crippen molar-refractivity contribution in [3.63, 3.8) is 0 Å². The van der Waals surface area contributed by atoms with Crippen LogP contribution in [0.4, 0.5) is 5.69 Å². The van der Waals surface area contributed by atoms with Crippen molar-refractivity contribution in [2.75, 3.05) is 39.3 Å². The summed E-state index contributed by atoms with van der Waals surface area (Å²) >= 11 is 0. The lowest BCUT2D eigenvalue weighted by Crippen LogP contribution is -2.46. The molecule has 0 spiro atoms. The van der Waals surface area contributed by atoms with Gasteiger partial charge in [0.15, 0.2) is 0 Å². The van der Waals surface area contributed by atoms with Gasteiger partial charge in [0.1, 0.15) is 5.75 Å². The number of hydrogen-bond acceptors (Lipinski definition) is 5. The molecule has 7 heteroatoms. The first-order valence-corrected chi connectivity index (χ1v) is 9.98. The van der Waals surface area contributed by atoms with Crippen LogP contribution in [0.5, 0.6) is 5.75 Å². The van der Waals surface area contributed by atoms with Gasteiger partial charge in [-0.2, -0.15) is 0 Å². The van der Waals surface area contributed by atoms with Crippen molar-refractivity contribution in [1.29, 1.82) is 0 Å². The van der Waals surface area contributed by atoms with Gasteiger partial charge in [0.2, 0.25) is 0 Å². The predicted molar refractivity (Wildman–Crippen MR) is 118 cm³/mol. The number of aryl methyl sites for hydroxylation is 1. The highest BCUT2D eigenvalue weighted by Gasteiger charge is 2.16. The van der Waals surface area contributed by atoms with Gasteiger partial charge in [0, 0.05) is 44.4 Å². The van der Waals surface area contributed by atoms with Crippen LogP contribution >= 0.6 is 12.4 Å². The lowest BCUT2D eigenvalue weighted by Gasteiger charge is -2.34. The molecule has 1 aliphatic heterocycles. The van der Waals surface area contributed by atoms with E-state index < -0.39 is 0 Å². The van der Waals surface area contributed by atoms with E-state index in [1.165, 1.54) is 11.6 Å². The van der Waals surface area contributed by atoms with Crippen LogP contribution in [0.3, 0.4) is 0 Å². The number of nitrogens with zero attached hydrogens (tertiary/aromatic N) is 3. The molecule has 0 saturated carbocycles. The van der Waals surface area contributed by atoms with Gasteiger partial charge in [-0.25, -0.2) is 0 Å². The standard InChI is InChI=1S/C22H29N3O3.ClH/c1-19-17-21(9-10-22(19)25(26)27)28-16-6-5-11-23-12-14-24(15-13-23)18-20-7-3-2-4-8-20;/h2-4,7-10,17H,5-6,11-16,18H2,1H3;1H. The van der Waals surface area contributed by atoms with E-state index in [-0.39, 0.29) is 23.0 Å². The molecule has 29 heavy (non-hydrogen) atoms. The highest BCUT2D eigenvalue weighted by molar-refractivity contribution is 5.85. The molecule has 3 rings (SSSR count). The lowest BCUT2D eigenvalue weighted by molar-refractivity contribution is -0.385. The van der Waals surface area contributed by atoms with Gasteiger partial charge in [-0.15, -0.1) is 12.4 Å². The van der Waals surface area contributed by atoms with Crippen LogP contribution in [-0.4, -0.2) is 54.1 Å². The number of rotatable bonds is 9. The van der Waals surface area contributed by atoms with Gasteiger partial charge in [-0.1, -0.05) is 30.3 Å². The minimum absolute atomic E-state index is 0. The number of piperazine rings is 1. The third-order valence-corrected chi connectivity index (χ3v) is 5.22. The zero-order valence-electron chi connectivity index (χ0n) is 17.0. The third-order valence-electron chi connectivity index (χ3n) is 5.22. The van der Waals surface area contributed by atoms with Gasteiger partial charge >= 0.3 is 0 Å². The molecule has 0 aliphatic carbocycles. The second-order valence-corrected chi connectivity index (χ2v) is 7.36. The fourth-order valence-electron chi connectivity index (χ4n) is 3.56. The van der Waals surface area contributed by atoms with Gasteiger partial charge in [0.25, 0.3) is 5.69 Å². The summed E-state index contributed by atoms with van der Waals surface area (Å²) in [6.07, 6.45) is 2.09. The molecule has 0 bridgehead atoms. The molecule has 6 nitrogen and oxygen atoms in total. The molecule has 1 fully saturated rings. The second-order valence-electron chi connectivity index (χ2n) is 7.36. The van der Waals surface area contributed by atoms with E-state index in [1.807, 2.05) is 0 Å². The van der Waals surface area contributed by atoms with Crippen LogP contribution in [0.15, 0.2) is 48.5 Å². The van der Waals surface area contributed by atoms with Crippen molar-refractivity contribution in [3.05, 3.63) is 69.8 Å². The maximum atomic E-state index is 10.9. The first kappa shape index (κ1) is 23.1. The Morgan fingerprint density at radius 1 is 1.00 bits per heavy atom. The van der Waals surface area contributed by atoms with Crippen molar-refractivity contribution >= 4 is 18.1 Å². The van der Waals surface area contributed by atoms with Crippen molar-refractivity contribution in [2.24, 2.45) is 0 Å². The second kappa shape index (κ2) is 11.8. The fraction of sp³-hybridized carbons (Fsp3) is 0.455. The van der Waals surface area contributed by atoms with Crippen molar-refractivity contribution in [3.8, 4) is 5.75 Å². The number of unbranched alkanes of at least 4 members (excludes halogenated alkanes) is 1. The highest BCUT2D eigenvalue weighted by atomic mass is 35.5. The summed E-state index contributed by atoms with van der Waals surface area (Å²) in [5, 5.41) is 10.9. The van der Waals surface area contributed by atoms with Gasteiger partial charge in [-0.3, -0.25) is 15.0 Å². The summed E-state index contributed by atoms with van der Waals surface area (Å²) in [6.45, 7) is 9.00. The van der Waals surface area contributed by atoms with Crippen molar-refractivity contribution < 1.29 is 9.66 Å². The summed E-state index contributed by atoms with van der Waals surface area (Å²) in [5.41, 5.74) is 2.16. The summed E-state index contributed by atoms with van der Waals surface area (Å²) in [5.74, 6) is 0.706. The molecule has 0 atom stereocenters. The molecule has 2 aromatic carbocycles. The molecule has 1 saturated heterocycles. The summed E-state index contributed by atoms with van der Waals surface area (Å²) in [7, 11) is 0. The Morgan fingerprint density at radius 2 is 1.69 bits per heavy atom. The Bertz CT molecular complexity index is 765. The number of hydrogen-bond donors (Lipinski definition) is 0.